The van der Waals surface area contributed by atoms with E-state index in [4.69, 9.17) is 34.8 Å². The van der Waals surface area contributed by atoms with E-state index in [1.807, 2.05) is 6.07 Å². The van der Waals surface area contributed by atoms with Crippen molar-refractivity contribution in [1.29, 1.82) is 0 Å². The Morgan fingerprint density at radius 3 is 2.44 bits per heavy atom. The van der Waals surface area contributed by atoms with E-state index in [0.29, 0.717) is 38.4 Å². The second-order valence-electron chi connectivity index (χ2n) is 6.15. The molecule has 3 aromatic rings. The fourth-order valence-corrected chi connectivity index (χ4v) is 4.46. The van der Waals surface area contributed by atoms with Gasteiger partial charge in [0.1, 0.15) is 0 Å². The molecule has 0 unspecified atom stereocenters. The monoisotopic (exact) mass is 443 g/mol. The van der Waals surface area contributed by atoms with Crippen molar-refractivity contribution in [2.24, 2.45) is 0 Å². The number of nitrogens with one attached hydrogen (secondary N) is 1. The number of sulfonamides is 1. The SMILES string of the molecule is Cc1cc(S(=O)(=O)Nc2cnn(Cc3ccc(Cl)c(Cl)c3)c2)c(C)cc1Cl. The average Bonchev–Trinajstić information content (AvgIpc) is 3.00. The molecule has 1 heterocycles. The van der Waals surface area contributed by atoms with Gasteiger partial charge < -0.3 is 0 Å². The summed E-state index contributed by atoms with van der Waals surface area (Å²) in [5, 5.41) is 5.65. The van der Waals surface area contributed by atoms with E-state index >= 15 is 0 Å². The van der Waals surface area contributed by atoms with Gasteiger partial charge in [0.15, 0.2) is 0 Å². The number of hydrogen-bond acceptors (Lipinski definition) is 3. The summed E-state index contributed by atoms with van der Waals surface area (Å²) in [6.45, 7) is 3.89. The first-order chi connectivity index (χ1) is 12.7. The number of anilines is 1. The van der Waals surface area contributed by atoms with Crippen LogP contribution >= 0.6 is 34.8 Å². The van der Waals surface area contributed by atoms with Gasteiger partial charge in [0.05, 0.1) is 33.4 Å². The molecule has 0 fully saturated rings. The molecule has 1 N–H and O–H groups in total. The van der Waals surface area contributed by atoms with E-state index in [0.717, 1.165) is 5.56 Å². The second-order valence-corrected chi connectivity index (χ2v) is 9.02. The molecule has 0 aliphatic rings. The van der Waals surface area contributed by atoms with Crippen LogP contribution < -0.4 is 4.72 Å². The molecule has 142 valence electrons. The van der Waals surface area contributed by atoms with Crippen LogP contribution in [0.25, 0.3) is 0 Å². The summed E-state index contributed by atoms with van der Waals surface area (Å²) in [5.41, 5.74) is 2.52. The number of benzene rings is 2. The van der Waals surface area contributed by atoms with Crippen LogP contribution in [-0.4, -0.2) is 18.2 Å². The van der Waals surface area contributed by atoms with E-state index in [2.05, 4.69) is 9.82 Å². The number of hydrogen-bond donors (Lipinski definition) is 1. The molecule has 0 atom stereocenters. The highest BCUT2D eigenvalue weighted by Gasteiger charge is 2.19. The molecule has 0 saturated heterocycles. The lowest BCUT2D eigenvalue weighted by Gasteiger charge is -2.11. The molecule has 0 saturated carbocycles. The van der Waals surface area contributed by atoms with Crippen molar-refractivity contribution in [1.82, 2.24) is 9.78 Å². The van der Waals surface area contributed by atoms with Crippen LogP contribution in [0.5, 0.6) is 0 Å². The van der Waals surface area contributed by atoms with Gasteiger partial charge in [-0.2, -0.15) is 5.10 Å². The highest BCUT2D eigenvalue weighted by Crippen LogP contribution is 2.26. The first-order valence-corrected chi connectivity index (χ1v) is 10.5. The Balaban J connectivity index is 1.80. The summed E-state index contributed by atoms with van der Waals surface area (Å²) in [7, 11) is -3.76. The van der Waals surface area contributed by atoms with Crippen LogP contribution in [0.15, 0.2) is 47.6 Å². The van der Waals surface area contributed by atoms with E-state index in [-0.39, 0.29) is 4.90 Å². The van der Waals surface area contributed by atoms with Crippen molar-refractivity contribution in [3.05, 3.63) is 74.5 Å². The van der Waals surface area contributed by atoms with Crippen LogP contribution in [0.4, 0.5) is 5.69 Å². The third-order valence-electron chi connectivity index (χ3n) is 3.96. The van der Waals surface area contributed by atoms with Gasteiger partial charge in [0, 0.05) is 11.2 Å². The fraction of sp³-hybridized carbons (Fsp3) is 0.167. The molecule has 0 radical (unpaired) electrons. The molecular formula is C18H16Cl3N3O2S. The molecule has 0 amide bonds. The molecule has 0 spiro atoms. The Hall–Kier alpha value is -1.73. The van der Waals surface area contributed by atoms with Crippen molar-refractivity contribution >= 4 is 50.5 Å². The molecule has 1 aromatic heterocycles. The summed E-state index contributed by atoms with van der Waals surface area (Å²) < 4.78 is 29.6. The predicted octanol–water partition coefficient (Wildman–Crippen LogP) is 5.31. The average molecular weight is 445 g/mol. The third kappa shape index (κ3) is 4.58. The summed E-state index contributed by atoms with van der Waals surface area (Å²) in [4.78, 5) is 0.182. The normalized spacial score (nSPS) is 11.6. The molecule has 3 rings (SSSR count). The van der Waals surface area contributed by atoms with Gasteiger partial charge in [-0.15, -0.1) is 0 Å². The maximum absolute atomic E-state index is 12.7. The van der Waals surface area contributed by atoms with E-state index in [1.54, 1.807) is 49.0 Å². The van der Waals surface area contributed by atoms with E-state index in [9.17, 15) is 8.42 Å². The Morgan fingerprint density at radius 2 is 1.74 bits per heavy atom. The Bertz CT molecular complexity index is 1110. The van der Waals surface area contributed by atoms with E-state index in [1.165, 1.54) is 6.20 Å². The topological polar surface area (TPSA) is 64.0 Å². The fourth-order valence-electron chi connectivity index (χ4n) is 2.58. The quantitative estimate of drug-likeness (QED) is 0.580. The van der Waals surface area contributed by atoms with Crippen LogP contribution in [0.2, 0.25) is 15.1 Å². The maximum atomic E-state index is 12.7. The lowest BCUT2D eigenvalue weighted by atomic mass is 10.2. The molecule has 5 nitrogen and oxygen atoms in total. The number of nitrogens with zero attached hydrogens (tertiary/aromatic N) is 2. The van der Waals surface area contributed by atoms with Crippen LogP contribution in [-0.2, 0) is 16.6 Å². The number of halogens is 3. The molecule has 9 heteroatoms. The molecular weight excluding hydrogens is 429 g/mol. The van der Waals surface area contributed by atoms with Crippen LogP contribution in [0.3, 0.4) is 0 Å². The standard InChI is InChI=1S/C18H16Cl3N3O2S/c1-11-6-18(12(2)5-16(11)20)27(25,26)23-14-8-22-24(10-14)9-13-3-4-15(19)17(21)7-13/h3-8,10,23H,9H2,1-2H3. The van der Waals surface area contributed by atoms with Gasteiger partial charge in [-0.05, 0) is 54.8 Å². The van der Waals surface area contributed by atoms with Crippen molar-refractivity contribution in [2.45, 2.75) is 25.3 Å². The Morgan fingerprint density at radius 1 is 1.00 bits per heavy atom. The first-order valence-electron chi connectivity index (χ1n) is 7.91. The third-order valence-corrected chi connectivity index (χ3v) is 6.63. The summed E-state index contributed by atoms with van der Waals surface area (Å²) in [6.07, 6.45) is 3.06. The Labute approximate surface area is 172 Å². The highest BCUT2D eigenvalue weighted by atomic mass is 35.5. The van der Waals surface area contributed by atoms with Gasteiger partial charge in [0.2, 0.25) is 0 Å². The Kier molecular flexibility index (Phi) is 5.72. The van der Waals surface area contributed by atoms with Gasteiger partial charge in [-0.1, -0.05) is 40.9 Å². The molecule has 27 heavy (non-hydrogen) atoms. The second kappa shape index (κ2) is 7.72. The zero-order valence-electron chi connectivity index (χ0n) is 14.5. The van der Waals surface area contributed by atoms with Gasteiger partial charge in [-0.25, -0.2) is 8.42 Å². The lowest BCUT2D eigenvalue weighted by molar-refractivity contribution is 0.600. The van der Waals surface area contributed by atoms with Gasteiger partial charge >= 0.3 is 0 Å². The zero-order chi connectivity index (χ0) is 19.8. The molecule has 0 aliphatic carbocycles. The van der Waals surface area contributed by atoms with Crippen molar-refractivity contribution < 1.29 is 8.42 Å². The minimum absolute atomic E-state index is 0.182. The highest BCUT2D eigenvalue weighted by molar-refractivity contribution is 7.92. The summed E-state index contributed by atoms with van der Waals surface area (Å²) in [5.74, 6) is 0. The largest absolute Gasteiger partial charge is 0.276 e. The van der Waals surface area contributed by atoms with Crippen LogP contribution in [0, 0.1) is 13.8 Å². The van der Waals surface area contributed by atoms with Gasteiger partial charge in [0.25, 0.3) is 10.0 Å². The van der Waals surface area contributed by atoms with E-state index < -0.39 is 10.0 Å². The molecule has 2 aromatic carbocycles. The summed E-state index contributed by atoms with van der Waals surface area (Å²) >= 11 is 18.0. The maximum Gasteiger partial charge on any atom is 0.262 e. The number of aryl methyl sites for hydroxylation is 2. The lowest BCUT2D eigenvalue weighted by Crippen LogP contribution is -2.14. The predicted molar refractivity (Wildman–Crippen MR) is 110 cm³/mol. The van der Waals surface area contributed by atoms with Crippen molar-refractivity contribution in [3.8, 4) is 0 Å². The van der Waals surface area contributed by atoms with Crippen LogP contribution in [0.1, 0.15) is 16.7 Å². The molecule has 0 bridgehead atoms. The molecule has 0 aliphatic heterocycles. The zero-order valence-corrected chi connectivity index (χ0v) is 17.6. The minimum Gasteiger partial charge on any atom is -0.276 e. The van der Waals surface area contributed by atoms with Crippen molar-refractivity contribution in [3.63, 3.8) is 0 Å². The summed E-state index contributed by atoms with van der Waals surface area (Å²) in [6, 6.07) is 8.48. The number of rotatable bonds is 5. The van der Waals surface area contributed by atoms with Crippen molar-refractivity contribution in [2.75, 3.05) is 4.72 Å². The number of aromatic nitrogens is 2. The minimum atomic E-state index is -3.76. The van der Waals surface area contributed by atoms with Gasteiger partial charge in [-0.3, -0.25) is 9.40 Å². The first kappa shape index (κ1) is 20.0. The smallest absolute Gasteiger partial charge is 0.262 e.